The third-order valence-corrected chi connectivity index (χ3v) is 11.5. The highest BCUT2D eigenvalue weighted by Crippen LogP contribution is 2.48. The number of hydrogen-bond donors (Lipinski definition) is 0. The molecule has 0 saturated heterocycles. The zero-order valence-electron chi connectivity index (χ0n) is 29.1. The largest absolute Gasteiger partial charge is 0.455 e. The molecule has 2 nitrogen and oxygen atoms in total. The highest BCUT2D eigenvalue weighted by atomic mass is 16.3. The molecule has 0 aliphatic heterocycles. The molecular formula is C52H30O2. The second kappa shape index (κ2) is 11.2. The van der Waals surface area contributed by atoms with Crippen molar-refractivity contribution in [3.05, 3.63) is 182 Å². The first-order valence-electron chi connectivity index (χ1n) is 18.5. The van der Waals surface area contributed by atoms with Gasteiger partial charge in [0.2, 0.25) is 0 Å². The van der Waals surface area contributed by atoms with Crippen molar-refractivity contribution in [1.29, 1.82) is 0 Å². The van der Waals surface area contributed by atoms with Crippen molar-refractivity contribution >= 4 is 87.0 Å². The SMILES string of the molecule is c1ccc(-c2ccc(-c3c4ccccc4c(-c4ccc5oc6c(ccc7ccc8c9ccccc9oc8c76)c5c4)c4ccccc34)c3ccccc23)cc1. The number of hydrogen-bond acceptors (Lipinski definition) is 2. The highest BCUT2D eigenvalue weighted by molar-refractivity contribution is 6.27. The van der Waals surface area contributed by atoms with Gasteiger partial charge in [-0.05, 0) is 101 Å². The van der Waals surface area contributed by atoms with E-state index in [1.165, 1.54) is 60.1 Å². The van der Waals surface area contributed by atoms with Crippen LogP contribution < -0.4 is 0 Å². The molecule has 12 aromatic rings. The summed E-state index contributed by atoms with van der Waals surface area (Å²) in [5.74, 6) is 0. The van der Waals surface area contributed by atoms with Crippen LogP contribution in [0.2, 0.25) is 0 Å². The number of para-hydroxylation sites is 1. The third kappa shape index (κ3) is 4.11. The summed E-state index contributed by atoms with van der Waals surface area (Å²) in [6.07, 6.45) is 0. The molecule has 0 fully saturated rings. The summed E-state index contributed by atoms with van der Waals surface area (Å²) in [6, 6.07) is 65.6. The van der Waals surface area contributed by atoms with Crippen LogP contribution in [0.25, 0.3) is 120 Å². The predicted octanol–water partition coefficient (Wildman–Crippen LogP) is 15.1. The molecule has 0 atom stereocenters. The summed E-state index contributed by atoms with van der Waals surface area (Å²) in [7, 11) is 0. The van der Waals surface area contributed by atoms with Crippen molar-refractivity contribution in [2.45, 2.75) is 0 Å². The fourth-order valence-electron chi connectivity index (χ4n) is 9.09. The van der Waals surface area contributed by atoms with Crippen LogP contribution in [0.1, 0.15) is 0 Å². The van der Waals surface area contributed by atoms with E-state index in [1.54, 1.807) is 0 Å². The van der Waals surface area contributed by atoms with Crippen molar-refractivity contribution in [3.8, 4) is 33.4 Å². The molecule has 0 radical (unpaired) electrons. The van der Waals surface area contributed by atoms with Gasteiger partial charge in [-0.1, -0.05) is 152 Å². The van der Waals surface area contributed by atoms with E-state index in [2.05, 4.69) is 170 Å². The number of fused-ring (bicyclic) bond motifs is 12. The lowest BCUT2D eigenvalue weighted by Gasteiger charge is -2.19. The first-order chi connectivity index (χ1) is 26.8. The van der Waals surface area contributed by atoms with Gasteiger partial charge in [0.05, 0.1) is 5.39 Å². The monoisotopic (exact) mass is 686 g/mol. The molecule has 0 N–H and O–H groups in total. The molecule has 0 aliphatic rings. The lowest BCUT2D eigenvalue weighted by Crippen LogP contribution is -1.92. The van der Waals surface area contributed by atoms with Gasteiger partial charge in [-0.3, -0.25) is 0 Å². The molecule has 0 unspecified atom stereocenters. The molecule has 2 heterocycles. The van der Waals surface area contributed by atoms with Crippen molar-refractivity contribution < 1.29 is 8.83 Å². The molecule has 2 heteroatoms. The summed E-state index contributed by atoms with van der Waals surface area (Å²) in [5.41, 5.74) is 10.8. The molecule has 10 aromatic carbocycles. The molecule has 0 aliphatic carbocycles. The van der Waals surface area contributed by atoms with Gasteiger partial charge in [-0.25, -0.2) is 0 Å². The molecule has 12 rings (SSSR count). The Balaban J connectivity index is 1.12. The van der Waals surface area contributed by atoms with Crippen LogP contribution in [0.5, 0.6) is 0 Å². The Labute approximate surface area is 310 Å². The second-order valence-corrected chi connectivity index (χ2v) is 14.3. The summed E-state index contributed by atoms with van der Waals surface area (Å²) >= 11 is 0. The number of furan rings is 2. The third-order valence-electron chi connectivity index (χ3n) is 11.5. The maximum absolute atomic E-state index is 6.74. The Kier molecular flexibility index (Phi) is 6.09. The van der Waals surface area contributed by atoms with Crippen molar-refractivity contribution in [2.75, 3.05) is 0 Å². The standard InChI is InChI=1S/C52H30O2/c1-2-12-31(13-3-1)34-27-28-42(36-15-5-4-14-35(34)36)50-40-19-8-6-17-38(40)48(39-18-7-9-20-41(39)50)33-24-29-47-45(30-33)44-26-23-32-22-25-43-37-16-10-11-21-46(37)53-51(43)49(32)52(44)54-47/h1-30H. The zero-order chi connectivity index (χ0) is 35.3. The Morgan fingerprint density at radius 2 is 0.778 bits per heavy atom. The van der Waals surface area contributed by atoms with Gasteiger partial charge in [0.25, 0.3) is 0 Å². The van der Waals surface area contributed by atoms with E-state index in [0.29, 0.717) is 0 Å². The summed E-state index contributed by atoms with van der Waals surface area (Å²) < 4.78 is 13.2. The Morgan fingerprint density at radius 3 is 1.44 bits per heavy atom. The van der Waals surface area contributed by atoms with Crippen molar-refractivity contribution in [2.24, 2.45) is 0 Å². The molecule has 0 saturated carbocycles. The van der Waals surface area contributed by atoms with Gasteiger partial charge in [0, 0.05) is 21.5 Å². The highest BCUT2D eigenvalue weighted by Gasteiger charge is 2.21. The van der Waals surface area contributed by atoms with Gasteiger partial charge >= 0.3 is 0 Å². The molecule has 0 amide bonds. The van der Waals surface area contributed by atoms with Crippen LogP contribution >= 0.6 is 0 Å². The normalized spacial score (nSPS) is 12.1. The van der Waals surface area contributed by atoms with Crippen molar-refractivity contribution in [1.82, 2.24) is 0 Å². The van der Waals surface area contributed by atoms with E-state index in [0.717, 1.165) is 60.2 Å². The summed E-state index contributed by atoms with van der Waals surface area (Å²) in [6.45, 7) is 0. The molecule has 0 bridgehead atoms. The minimum Gasteiger partial charge on any atom is -0.455 e. The quantitative estimate of drug-likeness (QED) is 0.173. The van der Waals surface area contributed by atoms with Gasteiger partial charge in [-0.15, -0.1) is 0 Å². The van der Waals surface area contributed by atoms with E-state index in [9.17, 15) is 0 Å². The number of rotatable bonds is 3. The Bertz CT molecular complexity index is 3430. The predicted molar refractivity (Wildman–Crippen MR) is 227 cm³/mol. The first-order valence-corrected chi connectivity index (χ1v) is 18.5. The topological polar surface area (TPSA) is 26.3 Å². The van der Waals surface area contributed by atoms with E-state index in [4.69, 9.17) is 8.83 Å². The lowest BCUT2D eigenvalue weighted by molar-refractivity contribution is 0.663. The lowest BCUT2D eigenvalue weighted by atomic mass is 9.83. The smallest absolute Gasteiger partial charge is 0.147 e. The molecular weight excluding hydrogens is 657 g/mol. The van der Waals surface area contributed by atoms with Crippen LogP contribution in [-0.2, 0) is 0 Å². The maximum Gasteiger partial charge on any atom is 0.147 e. The average molecular weight is 687 g/mol. The fraction of sp³-hybridized carbons (Fsp3) is 0. The van der Waals surface area contributed by atoms with Gasteiger partial charge in [0.15, 0.2) is 0 Å². The van der Waals surface area contributed by atoms with E-state index in [-0.39, 0.29) is 0 Å². The van der Waals surface area contributed by atoms with Crippen LogP contribution in [0, 0.1) is 0 Å². The van der Waals surface area contributed by atoms with Crippen LogP contribution in [0.3, 0.4) is 0 Å². The van der Waals surface area contributed by atoms with E-state index in [1.807, 2.05) is 12.1 Å². The van der Waals surface area contributed by atoms with Crippen molar-refractivity contribution in [3.63, 3.8) is 0 Å². The molecule has 250 valence electrons. The minimum atomic E-state index is 0.861. The van der Waals surface area contributed by atoms with E-state index >= 15 is 0 Å². The summed E-state index contributed by atoms with van der Waals surface area (Å²) in [5, 5.41) is 13.9. The first kappa shape index (κ1) is 29.4. The molecule has 0 spiro atoms. The Morgan fingerprint density at radius 1 is 0.278 bits per heavy atom. The van der Waals surface area contributed by atoms with Gasteiger partial charge in [0.1, 0.15) is 22.3 Å². The second-order valence-electron chi connectivity index (χ2n) is 14.3. The molecule has 2 aromatic heterocycles. The van der Waals surface area contributed by atoms with Crippen LogP contribution in [0.15, 0.2) is 191 Å². The maximum atomic E-state index is 6.74. The number of benzene rings is 10. The van der Waals surface area contributed by atoms with Gasteiger partial charge < -0.3 is 8.83 Å². The Hall–Kier alpha value is -7.16. The zero-order valence-corrected chi connectivity index (χ0v) is 29.1. The average Bonchev–Trinajstić information content (AvgIpc) is 3.81. The molecule has 54 heavy (non-hydrogen) atoms. The van der Waals surface area contributed by atoms with E-state index < -0.39 is 0 Å². The minimum absolute atomic E-state index is 0.861. The summed E-state index contributed by atoms with van der Waals surface area (Å²) in [4.78, 5) is 0. The van der Waals surface area contributed by atoms with Crippen LogP contribution in [-0.4, -0.2) is 0 Å². The fourth-order valence-corrected chi connectivity index (χ4v) is 9.09. The van der Waals surface area contributed by atoms with Crippen LogP contribution in [0.4, 0.5) is 0 Å². The van der Waals surface area contributed by atoms with Gasteiger partial charge in [-0.2, -0.15) is 0 Å².